The molecule has 160 valence electrons. The highest BCUT2D eigenvalue weighted by Gasteiger charge is 2.22. The van der Waals surface area contributed by atoms with Gasteiger partial charge in [-0.1, -0.05) is 0 Å². The van der Waals surface area contributed by atoms with E-state index in [4.69, 9.17) is 10.8 Å². The Balaban J connectivity index is 1.55. The molecule has 0 saturated heterocycles. The number of nitrogens with zero attached hydrogens (tertiary/aromatic N) is 1. The number of carboxylic acid groups (broad SMARTS) is 1. The van der Waals surface area contributed by atoms with Gasteiger partial charge in [0.25, 0.3) is 11.5 Å². The van der Waals surface area contributed by atoms with Crippen LogP contribution in [0.1, 0.15) is 22.3 Å². The molecule has 1 unspecified atom stereocenters. The summed E-state index contributed by atoms with van der Waals surface area (Å²) in [6.07, 6.45) is 0.813. The molecule has 0 spiro atoms. The van der Waals surface area contributed by atoms with E-state index in [1.54, 1.807) is 24.3 Å². The van der Waals surface area contributed by atoms with Gasteiger partial charge in [-0.2, -0.15) is 17.6 Å². The first-order chi connectivity index (χ1) is 14.4. The Morgan fingerprint density at radius 3 is 2.73 bits per heavy atom. The molecule has 0 radical (unpaired) electrons. The van der Waals surface area contributed by atoms with Gasteiger partial charge in [0.2, 0.25) is 5.95 Å². The number of rotatable bonds is 8. The van der Waals surface area contributed by atoms with Crippen molar-refractivity contribution in [3.63, 3.8) is 0 Å². The number of aromatic amines is 1. The minimum atomic E-state index is -1.09. The first-order valence-corrected chi connectivity index (χ1v) is 10.1. The summed E-state index contributed by atoms with van der Waals surface area (Å²) < 4.78 is 0. The van der Waals surface area contributed by atoms with Crippen LogP contribution in [0, 0.1) is 5.92 Å². The number of hydrogen-bond acceptors (Lipinski definition) is 8. The van der Waals surface area contributed by atoms with Gasteiger partial charge in [-0.25, -0.2) is 4.79 Å². The van der Waals surface area contributed by atoms with E-state index in [2.05, 4.69) is 38.5 Å². The average molecular weight is 433 g/mol. The quantitative estimate of drug-likeness (QED) is 0.298. The van der Waals surface area contributed by atoms with Gasteiger partial charge in [-0.05, 0) is 48.8 Å². The third-order valence-electron chi connectivity index (χ3n) is 4.85. The predicted octanol–water partition coefficient (Wildman–Crippen LogP) is 0.551. The first kappa shape index (κ1) is 21.5. The molecular formula is C19H24N6O4S. The number of thiol groups is 1. The number of nitrogens with one attached hydrogen (secondary N) is 4. The summed E-state index contributed by atoms with van der Waals surface area (Å²) >= 11 is 4.01. The molecule has 0 fully saturated rings. The number of amides is 1. The van der Waals surface area contributed by atoms with E-state index in [0.717, 1.165) is 5.69 Å². The second-order valence-corrected chi connectivity index (χ2v) is 7.51. The SMILES string of the molecule is Nc1nc2c(c(=O)[nH]1)CC(CNc1ccc(C(=O)N[C@@H](CCS)C(=O)O)cc1)CN2. The lowest BCUT2D eigenvalue weighted by Crippen LogP contribution is -2.41. The third kappa shape index (κ3) is 5.23. The van der Waals surface area contributed by atoms with E-state index in [1.165, 1.54) is 0 Å². The van der Waals surface area contributed by atoms with Crippen molar-refractivity contribution >= 4 is 42.0 Å². The van der Waals surface area contributed by atoms with E-state index in [1.807, 2.05) is 0 Å². The molecule has 1 amide bonds. The molecule has 11 heteroatoms. The molecule has 1 aromatic carbocycles. The van der Waals surface area contributed by atoms with Crippen LogP contribution < -0.4 is 27.2 Å². The Morgan fingerprint density at radius 1 is 1.33 bits per heavy atom. The molecule has 30 heavy (non-hydrogen) atoms. The van der Waals surface area contributed by atoms with Gasteiger partial charge >= 0.3 is 5.97 Å². The lowest BCUT2D eigenvalue weighted by atomic mass is 9.96. The second-order valence-electron chi connectivity index (χ2n) is 7.06. The van der Waals surface area contributed by atoms with Gasteiger partial charge in [0.05, 0.1) is 5.56 Å². The van der Waals surface area contributed by atoms with Crippen LogP contribution in [-0.2, 0) is 11.2 Å². The molecule has 2 aromatic rings. The number of aromatic nitrogens is 2. The number of aliphatic carboxylic acids is 1. The number of benzene rings is 1. The number of carbonyl (C=O) groups excluding carboxylic acids is 1. The Hall–Kier alpha value is -3.21. The average Bonchev–Trinajstić information content (AvgIpc) is 2.72. The number of nitrogen functional groups attached to an aromatic ring is 1. The van der Waals surface area contributed by atoms with Gasteiger partial charge in [-0.3, -0.25) is 14.6 Å². The van der Waals surface area contributed by atoms with Gasteiger partial charge in [0, 0.05) is 24.3 Å². The lowest BCUT2D eigenvalue weighted by Gasteiger charge is -2.25. The van der Waals surface area contributed by atoms with E-state index in [9.17, 15) is 14.4 Å². The zero-order valence-electron chi connectivity index (χ0n) is 16.1. The normalized spacial score (nSPS) is 16.1. The smallest absolute Gasteiger partial charge is 0.326 e. The van der Waals surface area contributed by atoms with Crippen LogP contribution in [-0.4, -0.2) is 51.8 Å². The van der Waals surface area contributed by atoms with Crippen LogP contribution in [0.5, 0.6) is 0 Å². The predicted molar refractivity (Wildman–Crippen MR) is 117 cm³/mol. The molecular weight excluding hydrogens is 408 g/mol. The number of hydrogen-bond donors (Lipinski definition) is 7. The molecule has 3 rings (SSSR count). The largest absolute Gasteiger partial charge is 0.480 e. The zero-order chi connectivity index (χ0) is 21.7. The number of nitrogens with two attached hydrogens (primary N) is 1. The summed E-state index contributed by atoms with van der Waals surface area (Å²) in [5, 5.41) is 18.0. The van der Waals surface area contributed by atoms with Gasteiger partial charge in [0.1, 0.15) is 11.9 Å². The maximum atomic E-state index is 12.2. The number of fused-ring (bicyclic) bond motifs is 1. The molecule has 1 aliphatic heterocycles. The van der Waals surface area contributed by atoms with Crippen molar-refractivity contribution < 1.29 is 14.7 Å². The van der Waals surface area contributed by atoms with Gasteiger partial charge < -0.3 is 26.8 Å². The maximum Gasteiger partial charge on any atom is 0.326 e. The van der Waals surface area contributed by atoms with Crippen LogP contribution in [0.4, 0.5) is 17.5 Å². The highest BCUT2D eigenvalue weighted by atomic mass is 32.1. The topological polar surface area (TPSA) is 162 Å². The second kappa shape index (κ2) is 9.53. The summed E-state index contributed by atoms with van der Waals surface area (Å²) in [4.78, 5) is 42.1. The van der Waals surface area contributed by atoms with E-state index in [-0.39, 0.29) is 23.8 Å². The van der Waals surface area contributed by atoms with Crippen molar-refractivity contribution in [2.24, 2.45) is 5.92 Å². The molecule has 0 saturated carbocycles. The van der Waals surface area contributed by atoms with Crippen molar-refractivity contribution in [2.75, 3.05) is 35.2 Å². The summed E-state index contributed by atoms with van der Waals surface area (Å²) in [7, 11) is 0. The van der Waals surface area contributed by atoms with Crippen molar-refractivity contribution in [3.05, 3.63) is 45.7 Å². The van der Waals surface area contributed by atoms with E-state index < -0.39 is 17.9 Å². The van der Waals surface area contributed by atoms with Crippen LogP contribution in [0.2, 0.25) is 0 Å². The Bertz CT molecular complexity index is 978. The van der Waals surface area contributed by atoms with Gasteiger partial charge in [-0.15, -0.1) is 0 Å². The summed E-state index contributed by atoms with van der Waals surface area (Å²) in [5.41, 5.74) is 7.10. The monoisotopic (exact) mass is 432 g/mol. The highest BCUT2D eigenvalue weighted by molar-refractivity contribution is 7.80. The number of carbonyl (C=O) groups is 2. The summed E-state index contributed by atoms with van der Waals surface area (Å²) in [5.74, 6) is -0.391. The molecule has 2 atom stereocenters. The highest BCUT2D eigenvalue weighted by Crippen LogP contribution is 2.20. The third-order valence-corrected chi connectivity index (χ3v) is 5.11. The van der Waals surface area contributed by atoms with Crippen LogP contribution in [0.15, 0.2) is 29.1 Å². The Morgan fingerprint density at radius 2 is 2.07 bits per heavy atom. The summed E-state index contributed by atoms with van der Waals surface area (Å²) in [6, 6.07) is 5.79. The van der Waals surface area contributed by atoms with Crippen molar-refractivity contribution in [1.29, 1.82) is 0 Å². The lowest BCUT2D eigenvalue weighted by molar-refractivity contribution is -0.139. The molecule has 10 nitrogen and oxygen atoms in total. The fourth-order valence-corrected chi connectivity index (χ4v) is 3.48. The fraction of sp³-hybridized carbons (Fsp3) is 0.368. The zero-order valence-corrected chi connectivity index (χ0v) is 17.0. The Kier molecular flexibility index (Phi) is 6.83. The van der Waals surface area contributed by atoms with Crippen molar-refractivity contribution in [2.45, 2.75) is 18.9 Å². The van der Waals surface area contributed by atoms with Crippen molar-refractivity contribution in [1.82, 2.24) is 15.3 Å². The molecule has 2 heterocycles. The maximum absolute atomic E-state index is 12.2. The number of H-pyrrole nitrogens is 1. The molecule has 0 bridgehead atoms. The van der Waals surface area contributed by atoms with Crippen LogP contribution in [0.3, 0.4) is 0 Å². The van der Waals surface area contributed by atoms with Gasteiger partial charge in [0.15, 0.2) is 0 Å². The number of carboxylic acids is 1. The molecule has 0 aliphatic carbocycles. The molecule has 7 N–H and O–H groups in total. The van der Waals surface area contributed by atoms with Crippen LogP contribution >= 0.6 is 12.6 Å². The minimum absolute atomic E-state index is 0.0900. The van der Waals surface area contributed by atoms with Crippen molar-refractivity contribution in [3.8, 4) is 0 Å². The fourth-order valence-electron chi connectivity index (χ4n) is 3.23. The van der Waals surface area contributed by atoms with E-state index >= 15 is 0 Å². The molecule has 1 aliphatic rings. The first-order valence-electron chi connectivity index (χ1n) is 9.48. The Labute approximate surface area is 178 Å². The minimum Gasteiger partial charge on any atom is -0.480 e. The van der Waals surface area contributed by atoms with Crippen LogP contribution in [0.25, 0.3) is 0 Å². The van der Waals surface area contributed by atoms with E-state index in [0.29, 0.717) is 42.2 Å². The summed E-state index contributed by atoms with van der Waals surface area (Å²) in [6.45, 7) is 1.27. The number of anilines is 3. The standard InChI is InChI=1S/C19H24N6O4S/c20-19-24-15-13(17(27)25-19)7-10(9-22-15)8-21-12-3-1-11(2-4-12)16(26)23-14(5-6-30)18(28)29/h1-4,10,14,21,30H,5-9H2,(H,23,26)(H,28,29)(H4,20,22,24,25,27)/t10?,14-/m0/s1. The molecule has 1 aromatic heterocycles.